The van der Waals surface area contributed by atoms with Gasteiger partial charge in [-0.05, 0) is 31.2 Å². The number of benzene rings is 1. The molecule has 0 atom stereocenters. The minimum atomic E-state index is -0.244. The molecule has 0 saturated carbocycles. The quantitative estimate of drug-likeness (QED) is 0.801. The zero-order chi connectivity index (χ0) is 9.68. The normalized spacial score (nSPS) is 10.1. The number of rotatable bonds is 4. The lowest BCUT2D eigenvalue weighted by molar-refractivity contribution is 0.629. The maximum atomic E-state index is 13.2. The van der Waals surface area contributed by atoms with Crippen LogP contribution in [-0.4, -0.2) is 13.1 Å². The first kappa shape index (κ1) is 10.5. The molecular formula is C9H12BrFN2. The molecule has 0 amide bonds. The van der Waals surface area contributed by atoms with E-state index in [0.717, 1.165) is 10.9 Å². The molecule has 0 aliphatic rings. The fourth-order valence-electron chi connectivity index (χ4n) is 0.958. The lowest BCUT2D eigenvalue weighted by Gasteiger charge is -2.06. The van der Waals surface area contributed by atoms with Gasteiger partial charge in [0.15, 0.2) is 0 Å². The molecular weight excluding hydrogens is 235 g/mol. The topological polar surface area (TPSA) is 38.0 Å². The molecule has 2 nitrogen and oxygen atoms in total. The summed E-state index contributed by atoms with van der Waals surface area (Å²) in [5.74, 6) is -0.244. The van der Waals surface area contributed by atoms with Gasteiger partial charge in [-0.15, -0.1) is 0 Å². The van der Waals surface area contributed by atoms with Crippen LogP contribution in [0.1, 0.15) is 6.42 Å². The van der Waals surface area contributed by atoms with E-state index in [4.69, 9.17) is 5.73 Å². The smallest absolute Gasteiger partial charge is 0.147 e. The predicted molar refractivity (Wildman–Crippen MR) is 56.3 cm³/mol. The average molecular weight is 247 g/mol. The van der Waals surface area contributed by atoms with Gasteiger partial charge in [0.2, 0.25) is 0 Å². The Morgan fingerprint density at radius 3 is 2.85 bits per heavy atom. The minimum absolute atomic E-state index is 0.244. The summed E-state index contributed by atoms with van der Waals surface area (Å²) in [6.07, 6.45) is 0.843. The average Bonchev–Trinajstić information content (AvgIpc) is 2.09. The Labute approximate surface area is 85.4 Å². The molecule has 0 saturated heterocycles. The van der Waals surface area contributed by atoms with E-state index in [-0.39, 0.29) is 5.82 Å². The zero-order valence-electron chi connectivity index (χ0n) is 7.19. The predicted octanol–water partition coefficient (Wildman–Crippen LogP) is 2.35. The van der Waals surface area contributed by atoms with Crippen molar-refractivity contribution in [3.8, 4) is 0 Å². The van der Waals surface area contributed by atoms with Crippen LogP contribution in [0.2, 0.25) is 0 Å². The molecule has 1 rings (SSSR count). The van der Waals surface area contributed by atoms with E-state index < -0.39 is 0 Å². The summed E-state index contributed by atoms with van der Waals surface area (Å²) in [4.78, 5) is 0. The van der Waals surface area contributed by atoms with E-state index in [2.05, 4.69) is 21.2 Å². The summed E-state index contributed by atoms with van der Waals surface area (Å²) in [6, 6.07) is 4.94. The highest BCUT2D eigenvalue weighted by Crippen LogP contribution is 2.18. The van der Waals surface area contributed by atoms with Crippen molar-refractivity contribution >= 4 is 21.6 Å². The molecule has 0 radical (unpaired) electrons. The second-order valence-electron chi connectivity index (χ2n) is 2.69. The number of hydrogen-bond donors (Lipinski definition) is 2. The lowest BCUT2D eigenvalue weighted by Crippen LogP contribution is -2.09. The van der Waals surface area contributed by atoms with E-state index in [1.807, 2.05) is 0 Å². The van der Waals surface area contributed by atoms with Gasteiger partial charge in [0.1, 0.15) is 5.82 Å². The van der Waals surface area contributed by atoms with Crippen LogP contribution >= 0.6 is 15.9 Å². The minimum Gasteiger partial charge on any atom is -0.383 e. The van der Waals surface area contributed by atoms with Gasteiger partial charge in [-0.2, -0.15) is 0 Å². The third kappa shape index (κ3) is 3.32. The molecule has 0 heterocycles. The van der Waals surface area contributed by atoms with Crippen molar-refractivity contribution in [1.82, 2.24) is 0 Å². The molecule has 0 aliphatic heterocycles. The first-order valence-electron chi connectivity index (χ1n) is 4.13. The summed E-state index contributed by atoms with van der Waals surface area (Å²) in [7, 11) is 0. The number of halogens is 2. The van der Waals surface area contributed by atoms with Gasteiger partial charge >= 0.3 is 0 Å². The summed E-state index contributed by atoms with van der Waals surface area (Å²) in [5.41, 5.74) is 5.84. The molecule has 0 unspecified atom stereocenters. The SMILES string of the molecule is NCCCNc1ccc(Br)cc1F. The zero-order valence-corrected chi connectivity index (χ0v) is 8.77. The van der Waals surface area contributed by atoms with Crippen molar-refractivity contribution in [2.24, 2.45) is 5.73 Å². The molecule has 3 N–H and O–H groups in total. The van der Waals surface area contributed by atoms with E-state index in [9.17, 15) is 4.39 Å². The summed E-state index contributed by atoms with van der Waals surface area (Å²) >= 11 is 3.19. The van der Waals surface area contributed by atoms with Crippen LogP contribution in [-0.2, 0) is 0 Å². The van der Waals surface area contributed by atoms with Gasteiger partial charge in [0.25, 0.3) is 0 Å². The van der Waals surface area contributed by atoms with Gasteiger partial charge in [0.05, 0.1) is 5.69 Å². The molecule has 1 aromatic carbocycles. The first-order chi connectivity index (χ1) is 6.24. The van der Waals surface area contributed by atoms with Crippen LogP contribution in [0.5, 0.6) is 0 Å². The monoisotopic (exact) mass is 246 g/mol. The lowest BCUT2D eigenvalue weighted by atomic mass is 10.3. The van der Waals surface area contributed by atoms with Crippen LogP contribution in [0.4, 0.5) is 10.1 Å². The maximum Gasteiger partial charge on any atom is 0.147 e. The van der Waals surface area contributed by atoms with E-state index in [1.165, 1.54) is 6.07 Å². The highest BCUT2D eigenvalue weighted by molar-refractivity contribution is 9.10. The van der Waals surface area contributed by atoms with Gasteiger partial charge in [-0.25, -0.2) is 4.39 Å². The maximum absolute atomic E-state index is 13.2. The Kier molecular flexibility index (Phi) is 4.18. The summed E-state index contributed by atoms with van der Waals surface area (Å²) in [6.45, 7) is 1.32. The Morgan fingerprint density at radius 2 is 2.23 bits per heavy atom. The van der Waals surface area contributed by atoms with Crippen LogP contribution in [0.25, 0.3) is 0 Å². The Bertz CT molecular complexity index is 278. The van der Waals surface area contributed by atoms with Crippen molar-refractivity contribution in [3.63, 3.8) is 0 Å². The van der Waals surface area contributed by atoms with Crippen molar-refractivity contribution < 1.29 is 4.39 Å². The Morgan fingerprint density at radius 1 is 1.46 bits per heavy atom. The van der Waals surface area contributed by atoms with E-state index in [1.54, 1.807) is 12.1 Å². The highest BCUT2D eigenvalue weighted by atomic mass is 79.9. The van der Waals surface area contributed by atoms with Crippen molar-refractivity contribution in [2.45, 2.75) is 6.42 Å². The molecule has 0 aromatic heterocycles. The molecule has 0 bridgehead atoms. The third-order valence-corrected chi connectivity index (χ3v) is 2.12. The van der Waals surface area contributed by atoms with Crippen LogP contribution in [0.3, 0.4) is 0 Å². The summed E-state index contributed by atoms with van der Waals surface area (Å²) < 4.78 is 13.9. The number of nitrogens with one attached hydrogen (secondary N) is 1. The van der Waals surface area contributed by atoms with Crippen molar-refractivity contribution in [3.05, 3.63) is 28.5 Å². The highest BCUT2D eigenvalue weighted by Gasteiger charge is 2.00. The Hall–Kier alpha value is -0.610. The van der Waals surface area contributed by atoms with Gasteiger partial charge in [-0.1, -0.05) is 15.9 Å². The number of nitrogens with two attached hydrogens (primary N) is 1. The molecule has 1 aromatic rings. The number of hydrogen-bond acceptors (Lipinski definition) is 2. The molecule has 0 fully saturated rings. The van der Waals surface area contributed by atoms with Gasteiger partial charge in [-0.3, -0.25) is 0 Å². The van der Waals surface area contributed by atoms with Crippen LogP contribution in [0.15, 0.2) is 22.7 Å². The summed E-state index contributed by atoms with van der Waals surface area (Å²) in [5, 5.41) is 2.97. The Balaban J connectivity index is 2.56. The van der Waals surface area contributed by atoms with Crippen LogP contribution in [0, 0.1) is 5.82 Å². The largest absolute Gasteiger partial charge is 0.383 e. The fraction of sp³-hybridized carbons (Fsp3) is 0.333. The third-order valence-electron chi connectivity index (χ3n) is 1.63. The van der Waals surface area contributed by atoms with Crippen molar-refractivity contribution in [2.75, 3.05) is 18.4 Å². The molecule has 72 valence electrons. The second kappa shape index (κ2) is 5.19. The van der Waals surface area contributed by atoms with E-state index >= 15 is 0 Å². The van der Waals surface area contributed by atoms with Gasteiger partial charge in [0, 0.05) is 11.0 Å². The molecule has 4 heteroatoms. The van der Waals surface area contributed by atoms with E-state index in [0.29, 0.717) is 18.8 Å². The molecule has 13 heavy (non-hydrogen) atoms. The molecule has 0 spiro atoms. The standard InChI is InChI=1S/C9H12BrFN2/c10-7-2-3-9(8(11)6-7)13-5-1-4-12/h2-3,6,13H,1,4-5,12H2. The van der Waals surface area contributed by atoms with Crippen molar-refractivity contribution in [1.29, 1.82) is 0 Å². The fourth-order valence-corrected chi connectivity index (χ4v) is 1.29. The first-order valence-corrected chi connectivity index (χ1v) is 4.92. The van der Waals surface area contributed by atoms with Gasteiger partial charge < -0.3 is 11.1 Å². The molecule has 0 aliphatic carbocycles. The van der Waals surface area contributed by atoms with Crippen LogP contribution < -0.4 is 11.1 Å². The number of anilines is 1. The second-order valence-corrected chi connectivity index (χ2v) is 3.61.